The molecule has 3 rings (SSSR count). The molecule has 0 radical (unpaired) electrons. The van der Waals surface area contributed by atoms with Gasteiger partial charge in [-0.1, -0.05) is 30.3 Å². The van der Waals surface area contributed by atoms with Gasteiger partial charge in [0.25, 0.3) is 0 Å². The fraction of sp³-hybridized carbons (Fsp3) is 0.500. The first-order chi connectivity index (χ1) is 16.0. The van der Waals surface area contributed by atoms with Crippen LogP contribution in [-0.4, -0.2) is 87.0 Å². The van der Waals surface area contributed by atoms with Gasteiger partial charge in [-0.15, -0.1) is 11.8 Å². The smallest absolute Gasteiger partial charge is 0.325 e. The number of imide groups is 1. The number of carbonyl (C=O) groups is 5. The highest BCUT2D eigenvalue weighted by atomic mass is 32.2. The molecule has 5 amide bonds. The summed E-state index contributed by atoms with van der Waals surface area (Å²) in [4.78, 5) is 64.1. The van der Waals surface area contributed by atoms with Crippen molar-refractivity contribution in [1.29, 1.82) is 0 Å². The lowest BCUT2D eigenvalue weighted by atomic mass is 10.0. The van der Waals surface area contributed by atoms with Crippen molar-refractivity contribution >= 4 is 41.5 Å². The first kappa shape index (κ1) is 25.5. The first-order valence-corrected chi connectivity index (χ1v) is 11.8. The van der Waals surface area contributed by atoms with Crippen LogP contribution in [0.15, 0.2) is 30.3 Å². The third-order valence-corrected chi connectivity index (χ3v) is 7.23. The highest BCUT2D eigenvalue weighted by Gasteiger charge is 2.45. The Morgan fingerprint density at radius 2 is 1.85 bits per heavy atom. The number of hydrogen-bond acceptors (Lipinski definition) is 7. The number of nitrogens with one attached hydrogen (secondary N) is 3. The van der Waals surface area contributed by atoms with Crippen molar-refractivity contribution in [1.82, 2.24) is 25.8 Å². The zero-order valence-electron chi connectivity index (χ0n) is 19.2. The van der Waals surface area contributed by atoms with E-state index in [0.717, 1.165) is 4.90 Å². The van der Waals surface area contributed by atoms with Crippen LogP contribution in [0, 0.1) is 0 Å². The highest BCUT2D eigenvalue weighted by Crippen LogP contribution is 2.37. The van der Waals surface area contributed by atoms with E-state index in [1.54, 1.807) is 37.3 Å². The summed E-state index contributed by atoms with van der Waals surface area (Å²) in [6.07, 6.45) is 0. The second-order valence-corrected chi connectivity index (χ2v) is 10.4. The molecule has 0 spiro atoms. The van der Waals surface area contributed by atoms with Gasteiger partial charge in [-0.2, -0.15) is 0 Å². The van der Waals surface area contributed by atoms with E-state index in [-0.39, 0.29) is 25.0 Å². The summed E-state index contributed by atoms with van der Waals surface area (Å²) in [5, 5.41) is 17.4. The van der Waals surface area contributed by atoms with Crippen LogP contribution in [-0.2, 0) is 19.2 Å². The Bertz CT molecular complexity index is 972. The van der Waals surface area contributed by atoms with Crippen LogP contribution in [0.5, 0.6) is 0 Å². The third kappa shape index (κ3) is 5.50. The summed E-state index contributed by atoms with van der Waals surface area (Å²) in [5.41, 5.74) is 0.495. The first-order valence-electron chi connectivity index (χ1n) is 11.0. The molecular formula is C22H29N5O6S. The van der Waals surface area contributed by atoms with Crippen molar-refractivity contribution in [2.75, 3.05) is 26.2 Å². The second kappa shape index (κ2) is 10.4. The molecule has 1 aromatic rings. The van der Waals surface area contributed by atoms with Crippen molar-refractivity contribution in [2.45, 2.75) is 43.0 Å². The fourth-order valence-corrected chi connectivity index (χ4v) is 5.35. The largest absolute Gasteiger partial charge is 0.480 e. The van der Waals surface area contributed by atoms with E-state index in [9.17, 15) is 29.1 Å². The van der Waals surface area contributed by atoms with Gasteiger partial charge in [0.15, 0.2) is 0 Å². The number of piperazine rings is 1. The molecule has 12 heteroatoms. The van der Waals surface area contributed by atoms with E-state index in [1.807, 2.05) is 13.8 Å². The molecule has 2 aliphatic heterocycles. The van der Waals surface area contributed by atoms with Crippen LogP contribution < -0.4 is 16.0 Å². The predicted octanol–water partition coefficient (Wildman–Crippen LogP) is 0.139. The van der Waals surface area contributed by atoms with Gasteiger partial charge in [0.1, 0.15) is 12.1 Å². The van der Waals surface area contributed by atoms with Crippen LogP contribution in [0.25, 0.3) is 0 Å². The van der Waals surface area contributed by atoms with E-state index in [2.05, 4.69) is 16.0 Å². The monoisotopic (exact) mass is 491 g/mol. The summed E-state index contributed by atoms with van der Waals surface area (Å²) in [6.45, 7) is 6.12. The van der Waals surface area contributed by atoms with Gasteiger partial charge in [0.05, 0.1) is 5.37 Å². The minimum atomic E-state index is -1.12. The quantitative estimate of drug-likeness (QED) is 0.394. The average Bonchev–Trinajstić information content (AvgIpc) is 3.12. The van der Waals surface area contributed by atoms with E-state index in [4.69, 9.17) is 0 Å². The van der Waals surface area contributed by atoms with Crippen LogP contribution in [0.4, 0.5) is 4.79 Å². The lowest BCUT2D eigenvalue weighted by Crippen LogP contribution is -2.59. The Hall–Kier alpha value is -3.12. The summed E-state index contributed by atoms with van der Waals surface area (Å²) in [7, 11) is 0. The maximum Gasteiger partial charge on any atom is 0.325 e. The summed E-state index contributed by atoms with van der Waals surface area (Å²) >= 11 is 1.40. The molecule has 184 valence electrons. The standard InChI is InChI=1S/C22H29N5O6S/c1-4-26-10-11-27(19(30)18(26)29)21(33)25-15(13-8-6-5-7-9-13)17(28)23-12-14-24-16(20(31)32)22(2,3)34-14/h5-9,14-16,24H,4,10-12H2,1-3H3,(H,23,28)(H,25,33)(H,31,32). The predicted molar refractivity (Wildman–Crippen MR) is 125 cm³/mol. The fourth-order valence-electron chi connectivity index (χ4n) is 3.94. The highest BCUT2D eigenvalue weighted by molar-refractivity contribution is 8.01. The number of urea groups is 1. The van der Waals surface area contributed by atoms with Crippen molar-refractivity contribution in [3.63, 3.8) is 0 Å². The van der Waals surface area contributed by atoms with Gasteiger partial charge in [0.2, 0.25) is 5.91 Å². The van der Waals surface area contributed by atoms with E-state index >= 15 is 0 Å². The molecule has 3 unspecified atom stereocenters. The average molecular weight is 492 g/mol. The molecule has 34 heavy (non-hydrogen) atoms. The number of thioether (sulfide) groups is 1. The number of benzene rings is 1. The molecule has 2 saturated heterocycles. The zero-order chi connectivity index (χ0) is 25.0. The topological polar surface area (TPSA) is 148 Å². The number of hydrogen-bond donors (Lipinski definition) is 4. The lowest BCUT2D eigenvalue weighted by Gasteiger charge is -2.32. The Labute approximate surface area is 201 Å². The van der Waals surface area contributed by atoms with Crippen LogP contribution in [0.2, 0.25) is 0 Å². The summed E-state index contributed by atoms with van der Waals surface area (Å²) in [5.74, 6) is -3.19. The number of carboxylic acid groups (broad SMARTS) is 1. The lowest BCUT2D eigenvalue weighted by molar-refractivity contribution is -0.153. The molecule has 0 aromatic heterocycles. The van der Waals surface area contributed by atoms with Gasteiger partial charge in [-0.3, -0.25) is 29.4 Å². The van der Waals surface area contributed by atoms with Gasteiger partial charge >= 0.3 is 23.8 Å². The summed E-state index contributed by atoms with van der Waals surface area (Å²) in [6, 6.07) is 5.80. The minimum absolute atomic E-state index is 0.0294. The van der Waals surface area contributed by atoms with Gasteiger partial charge in [-0.25, -0.2) is 4.79 Å². The normalized spacial score (nSPS) is 22.9. The van der Waals surface area contributed by atoms with Crippen molar-refractivity contribution in [3.05, 3.63) is 35.9 Å². The SMILES string of the molecule is CCN1CCN(C(=O)NC(C(=O)NCC2NC(C(=O)O)C(C)(C)S2)c2ccccc2)C(=O)C1=O. The van der Waals surface area contributed by atoms with Gasteiger partial charge in [0, 0.05) is 30.9 Å². The number of aliphatic carboxylic acids is 1. The summed E-state index contributed by atoms with van der Waals surface area (Å²) < 4.78 is -0.568. The van der Waals surface area contributed by atoms with Crippen LogP contribution >= 0.6 is 11.8 Å². The number of carboxylic acids is 1. The third-order valence-electron chi connectivity index (χ3n) is 5.80. The zero-order valence-corrected chi connectivity index (χ0v) is 20.1. The molecular weight excluding hydrogens is 462 g/mol. The van der Waals surface area contributed by atoms with E-state index in [0.29, 0.717) is 12.1 Å². The molecule has 2 heterocycles. The number of likely N-dealkylation sites (N-methyl/N-ethyl adjacent to an activating group) is 1. The van der Waals surface area contributed by atoms with E-state index < -0.39 is 46.6 Å². The Kier molecular flexibility index (Phi) is 7.82. The molecule has 4 N–H and O–H groups in total. The molecule has 0 bridgehead atoms. The maximum absolute atomic E-state index is 13.1. The number of rotatable bonds is 7. The molecule has 11 nitrogen and oxygen atoms in total. The van der Waals surface area contributed by atoms with Crippen molar-refractivity contribution in [3.8, 4) is 0 Å². The van der Waals surface area contributed by atoms with Crippen LogP contribution in [0.1, 0.15) is 32.4 Å². The molecule has 0 aliphatic carbocycles. The van der Waals surface area contributed by atoms with Gasteiger partial charge < -0.3 is 20.6 Å². The Balaban J connectivity index is 1.69. The number of carbonyl (C=O) groups excluding carboxylic acids is 4. The van der Waals surface area contributed by atoms with Crippen LogP contribution in [0.3, 0.4) is 0 Å². The van der Waals surface area contributed by atoms with Gasteiger partial charge in [-0.05, 0) is 26.3 Å². The Morgan fingerprint density at radius 1 is 1.18 bits per heavy atom. The number of amides is 5. The maximum atomic E-state index is 13.1. The van der Waals surface area contributed by atoms with Crippen molar-refractivity contribution in [2.24, 2.45) is 0 Å². The molecule has 3 atom stereocenters. The molecule has 1 aromatic carbocycles. The molecule has 0 saturated carbocycles. The molecule has 2 fully saturated rings. The second-order valence-electron chi connectivity index (χ2n) is 8.53. The van der Waals surface area contributed by atoms with E-state index in [1.165, 1.54) is 16.7 Å². The molecule has 2 aliphatic rings. The van der Waals surface area contributed by atoms with Crippen molar-refractivity contribution < 1.29 is 29.1 Å². The Morgan fingerprint density at radius 3 is 2.44 bits per heavy atom. The number of nitrogens with zero attached hydrogens (tertiary/aromatic N) is 2. The minimum Gasteiger partial charge on any atom is -0.480 e.